The second-order valence-electron chi connectivity index (χ2n) is 9.33. The van der Waals surface area contributed by atoms with Crippen molar-refractivity contribution < 1.29 is 14.3 Å². The van der Waals surface area contributed by atoms with Gasteiger partial charge in [0.25, 0.3) is 5.91 Å². The van der Waals surface area contributed by atoms with Gasteiger partial charge < -0.3 is 15.0 Å². The predicted octanol–water partition coefficient (Wildman–Crippen LogP) is 3.50. The molecule has 0 unspecified atom stereocenters. The number of nitrogens with zero attached hydrogens (tertiary/aromatic N) is 4. The molecule has 1 N–H and O–H groups in total. The molecule has 0 bridgehead atoms. The fraction of sp³-hybridized carbons (Fsp3) is 0.583. The predicted molar refractivity (Wildman–Crippen MR) is 123 cm³/mol. The lowest BCUT2D eigenvalue weighted by Gasteiger charge is -2.32. The van der Waals surface area contributed by atoms with E-state index in [2.05, 4.69) is 15.6 Å². The molecule has 2 aromatic rings. The van der Waals surface area contributed by atoms with Crippen molar-refractivity contribution in [2.75, 3.05) is 13.1 Å². The highest BCUT2D eigenvalue weighted by Crippen LogP contribution is 2.29. The Morgan fingerprint density at radius 3 is 2.48 bits per heavy atom. The van der Waals surface area contributed by atoms with Crippen LogP contribution >= 0.6 is 11.6 Å². The van der Waals surface area contributed by atoms with Gasteiger partial charge in [0.2, 0.25) is 5.91 Å². The first-order valence-corrected chi connectivity index (χ1v) is 12.4. The minimum Gasteiger partial charge on any atom is -0.365 e. The molecule has 1 aliphatic carbocycles. The SMILES string of the molecule is O=C(NC1CCCCC1)C1CCN(C(=O)c2nnn3c2CO[C@@H](c2ccc(Cl)cc2)C3)CC1. The first-order chi connectivity index (χ1) is 16.1. The molecule has 1 atom stereocenters. The molecule has 8 nitrogen and oxygen atoms in total. The lowest BCUT2D eigenvalue weighted by molar-refractivity contribution is -0.127. The molecule has 2 amide bonds. The van der Waals surface area contributed by atoms with Crippen molar-refractivity contribution in [3.05, 3.63) is 46.2 Å². The van der Waals surface area contributed by atoms with Crippen molar-refractivity contribution in [2.45, 2.75) is 70.2 Å². The van der Waals surface area contributed by atoms with Gasteiger partial charge in [-0.1, -0.05) is 48.2 Å². The van der Waals surface area contributed by atoms with Crippen LogP contribution in [0.5, 0.6) is 0 Å². The summed E-state index contributed by atoms with van der Waals surface area (Å²) < 4.78 is 7.78. The van der Waals surface area contributed by atoms with Gasteiger partial charge in [0.05, 0.1) is 18.8 Å². The number of carbonyl (C=O) groups excluding carboxylic acids is 2. The van der Waals surface area contributed by atoms with Gasteiger partial charge in [-0.25, -0.2) is 4.68 Å². The smallest absolute Gasteiger partial charge is 0.276 e. The van der Waals surface area contributed by atoms with Crippen molar-refractivity contribution in [1.82, 2.24) is 25.2 Å². The van der Waals surface area contributed by atoms with Gasteiger partial charge >= 0.3 is 0 Å². The average molecular weight is 472 g/mol. The number of piperidine rings is 1. The molecule has 3 aliphatic rings. The van der Waals surface area contributed by atoms with Crippen molar-refractivity contribution in [1.29, 1.82) is 0 Å². The van der Waals surface area contributed by atoms with Crippen LogP contribution in [0.2, 0.25) is 5.02 Å². The Bertz CT molecular complexity index is 994. The Morgan fingerprint density at radius 2 is 1.76 bits per heavy atom. The van der Waals surface area contributed by atoms with E-state index < -0.39 is 0 Å². The molecular weight excluding hydrogens is 442 g/mol. The quantitative estimate of drug-likeness (QED) is 0.737. The van der Waals surface area contributed by atoms with E-state index in [9.17, 15) is 9.59 Å². The number of rotatable bonds is 4. The van der Waals surface area contributed by atoms with E-state index in [1.165, 1.54) is 19.3 Å². The molecule has 33 heavy (non-hydrogen) atoms. The highest BCUT2D eigenvalue weighted by Gasteiger charge is 2.33. The van der Waals surface area contributed by atoms with Crippen LogP contribution in [0.3, 0.4) is 0 Å². The molecular formula is C24H30ClN5O3. The maximum absolute atomic E-state index is 13.2. The van der Waals surface area contributed by atoms with Crippen molar-refractivity contribution in [3.63, 3.8) is 0 Å². The third-order valence-corrected chi connectivity index (χ3v) is 7.40. The van der Waals surface area contributed by atoms with E-state index in [4.69, 9.17) is 16.3 Å². The molecule has 0 spiro atoms. The largest absolute Gasteiger partial charge is 0.365 e. The summed E-state index contributed by atoms with van der Waals surface area (Å²) in [6, 6.07) is 7.88. The molecule has 1 saturated carbocycles. The molecule has 5 rings (SSSR count). The van der Waals surface area contributed by atoms with Crippen molar-refractivity contribution in [3.8, 4) is 0 Å². The van der Waals surface area contributed by atoms with Gasteiger partial charge in [0, 0.05) is 30.1 Å². The summed E-state index contributed by atoms with van der Waals surface area (Å²) in [6.07, 6.45) is 7.05. The van der Waals surface area contributed by atoms with Crippen LogP contribution in [0, 0.1) is 5.92 Å². The summed E-state index contributed by atoms with van der Waals surface area (Å²) in [5.74, 6) is 0.00101. The number of fused-ring (bicyclic) bond motifs is 1. The fourth-order valence-corrected chi connectivity index (χ4v) is 5.24. The highest BCUT2D eigenvalue weighted by molar-refractivity contribution is 6.30. The van der Waals surface area contributed by atoms with Crippen LogP contribution in [0.4, 0.5) is 0 Å². The first kappa shape index (κ1) is 22.3. The van der Waals surface area contributed by atoms with E-state index in [-0.39, 0.29) is 30.4 Å². The summed E-state index contributed by atoms with van der Waals surface area (Å²) in [5.41, 5.74) is 2.08. The molecule has 9 heteroatoms. The standard InChI is InChI=1S/C24H30ClN5O3/c25-18-8-6-16(7-9-18)21-14-30-20(15-33-21)22(27-28-30)24(32)29-12-10-17(11-13-29)23(31)26-19-4-2-1-3-5-19/h6-9,17,19,21H,1-5,10-15H2,(H,26,31)/t21-/m1/s1. The van der Waals surface area contributed by atoms with Gasteiger partial charge in [-0.15, -0.1) is 5.10 Å². The van der Waals surface area contributed by atoms with Crippen LogP contribution in [-0.4, -0.2) is 50.8 Å². The lowest BCUT2D eigenvalue weighted by atomic mass is 9.92. The van der Waals surface area contributed by atoms with Gasteiger partial charge in [-0.2, -0.15) is 0 Å². The average Bonchev–Trinajstić information content (AvgIpc) is 3.28. The van der Waals surface area contributed by atoms with Crippen molar-refractivity contribution >= 4 is 23.4 Å². The molecule has 176 valence electrons. The molecule has 0 radical (unpaired) electrons. The number of nitrogens with one attached hydrogen (secondary N) is 1. The molecule has 1 saturated heterocycles. The van der Waals surface area contributed by atoms with Crippen molar-refractivity contribution in [2.24, 2.45) is 5.92 Å². The zero-order chi connectivity index (χ0) is 22.8. The lowest BCUT2D eigenvalue weighted by Crippen LogP contribution is -2.46. The normalized spacial score (nSPS) is 22.1. The maximum atomic E-state index is 13.2. The summed E-state index contributed by atoms with van der Waals surface area (Å²) in [6.45, 7) is 1.90. The topological polar surface area (TPSA) is 89.4 Å². The fourth-order valence-electron chi connectivity index (χ4n) is 5.12. The van der Waals surface area contributed by atoms with Crippen LogP contribution in [0.1, 0.15) is 72.8 Å². The van der Waals surface area contributed by atoms with Crippen LogP contribution in [-0.2, 0) is 22.7 Å². The van der Waals surface area contributed by atoms with Gasteiger partial charge in [0.15, 0.2) is 5.69 Å². The number of aromatic nitrogens is 3. The third-order valence-electron chi connectivity index (χ3n) is 7.15. The number of hydrogen-bond donors (Lipinski definition) is 1. The third kappa shape index (κ3) is 4.92. The summed E-state index contributed by atoms with van der Waals surface area (Å²) in [4.78, 5) is 27.6. The molecule has 2 aliphatic heterocycles. The Morgan fingerprint density at radius 1 is 1.03 bits per heavy atom. The highest BCUT2D eigenvalue weighted by atomic mass is 35.5. The summed E-state index contributed by atoms with van der Waals surface area (Å²) in [7, 11) is 0. The summed E-state index contributed by atoms with van der Waals surface area (Å²) >= 11 is 5.98. The van der Waals surface area contributed by atoms with E-state index in [1.807, 2.05) is 24.3 Å². The van der Waals surface area contributed by atoms with Gasteiger partial charge in [0.1, 0.15) is 6.10 Å². The van der Waals surface area contributed by atoms with E-state index in [0.717, 1.165) is 18.4 Å². The maximum Gasteiger partial charge on any atom is 0.276 e. The number of ether oxygens (including phenoxy) is 1. The number of benzene rings is 1. The second-order valence-corrected chi connectivity index (χ2v) is 9.76. The number of carbonyl (C=O) groups is 2. The van der Waals surface area contributed by atoms with Gasteiger partial charge in [-0.3, -0.25) is 9.59 Å². The Kier molecular flexibility index (Phi) is 6.64. The Balaban J connectivity index is 1.17. The summed E-state index contributed by atoms with van der Waals surface area (Å²) in [5, 5.41) is 12.3. The van der Waals surface area contributed by atoms with Crippen LogP contribution in [0.15, 0.2) is 24.3 Å². The molecule has 3 heterocycles. The number of likely N-dealkylation sites (tertiary alicyclic amines) is 1. The van der Waals surface area contributed by atoms with Gasteiger partial charge in [-0.05, 0) is 43.4 Å². The number of hydrogen-bond acceptors (Lipinski definition) is 5. The van der Waals surface area contributed by atoms with E-state index in [0.29, 0.717) is 54.9 Å². The molecule has 2 fully saturated rings. The Labute approximate surface area is 198 Å². The van der Waals surface area contributed by atoms with Crippen LogP contribution in [0.25, 0.3) is 0 Å². The van der Waals surface area contributed by atoms with Crippen LogP contribution < -0.4 is 5.32 Å². The second kappa shape index (κ2) is 9.81. The van der Waals surface area contributed by atoms with E-state index >= 15 is 0 Å². The first-order valence-electron chi connectivity index (χ1n) is 12.0. The zero-order valence-corrected chi connectivity index (χ0v) is 19.5. The number of amides is 2. The Hall–Kier alpha value is -2.45. The number of halogens is 1. The zero-order valence-electron chi connectivity index (χ0n) is 18.7. The minimum absolute atomic E-state index is 0.0199. The molecule has 1 aromatic heterocycles. The molecule has 1 aromatic carbocycles. The monoisotopic (exact) mass is 471 g/mol. The van der Waals surface area contributed by atoms with E-state index in [1.54, 1.807) is 9.58 Å². The minimum atomic E-state index is -0.155.